The first-order valence-corrected chi connectivity index (χ1v) is 12.8. The number of nitrogens with one attached hydrogen (secondary N) is 1. The Bertz CT molecular complexity index is 569. The van der Waals surface area contributed by atoms with Crippen LogP contribution in [-0.2, 0) is 6.42 Å². The van der Waals surface area contributed by atoms with Crippen LogP contribution < -0.4 is 10.1 Å². The zero-order valence-electron chi connectivity index (χ0n) is 19.0. The zero-order chi connectivity index (χ0) is 21.3. The average Bonchev–Trinajstić information content (AvgIpc) is 2.71. The van der Waals surface area contributed by atoms with Gasteiger partial charge in [-0.25, -0.2) is 9.97 Å². The van der Waals surface area contributed by atoms with E-state index in [-0.39, 0.29) is 0 Å². The fourth-order valence-electron chi connectivity index (χ4n) is 3.45. The highest BCUT2D eigenvalue weighted by molar-refractivity contribution is 7.99. The standard InChI is InChI=1S/C23H41N3OS2/c1-5-7-8-9-10-11-12-17-21(28)26-19(3)15-13-14-16-20-22(27-4)24-18-25-23(20)29-6-2/h18-19H,5-17H2,1-4H3,(H,26,28). The molecule has 0 spiro atoms. The number of aromatic nitrogens is 2. The highest BCUT2D eigenvalue weighted by Crippen LogP contribution is 2.27. The first-order chi connectivity index (χ1) is 14.1. The molecule has 29 heavy (non-hydrogen) atoms. The van der Waals surface area contributed by atoms with Crippen LogP contribution in [0.15, 0.2) is 11.4 Å². The second-order valence-corrected chi connectivity index (χ2v) is 9.43. The summed E-state index contributed by atoms with van der Waals surface area (Å²) in [5.74, 6) is 1.72. The molecule has 1 aromatic rings. The third kappa shape index (κ3) is 11.8. The molecule has 1 N–H and O–H groups in total. The van der Waals surface area contributed by atoms with Crippen LogP contribution in [0.25, 0.3) is 0 Å². The van der Waals surface area contributed by atoms with Gasteiger partial charge in [-0.2, -0.15) is 0 Å². The largest absolute Gasteiger partial charge is 0.481 e. The van der Waals surface area contributed by atoms with Gasteiger partial charge in [0.05, 0.1) is 12.1 Å². The Hall–Kier alpha value is -0.880. The molecule has 0 amide bonds. The Morgan fingerprint density at radius 2 is 1.79 bits per heavy atom. The van der Waals surface area contributed by atoms with E-state index in [9.17, 15) is 0 Å². The molecule has 0 saturated heterocycles. The van der Waals surface area contributed by atoms with Crippen LogP contribution in [0.4, 0.5) is 0 Å². The minimum atomic E-state index is 0.436. The lowest BCUT2D eigenvalue weighted by Gasteiger charge is -2.16. The number of hydrogen-bond acceptors (Lipinski definition) is 5. The second kappa shape index (κ2) is 16.9. The van der Waals surface area contributed by atoms with E-state index >= 15 is 0 Å². The normalized spacial score (nSPS) is 12.0. The Kier molecular flexibility index (Phi) is 15.2. The third-order valence-electron chi connectivity index (χ3n) is 5.07. The van der Waals surface area contributed by atoms with E-state index in [0.717, 1.165) is 59.3 Å². The van der Waals surface area contributed by atoms with Gasteiger partial charge < -0.3 is 10.1 Å². The van der Waals surface area contributed by atoms with Crippen molar-refractivity contribution in [3.63, 3.8) is 0 Å². The molecule has 6 heteroatoms. The molecule has 0 aliphatic heterocycles. The van der Waals surface area contributed by atoms with Gasteiger partial charge in [-0.3, -0.25) is 0 Å². The van der Waals surface area contributed by atoms with Crippen LogP contribution in [-0.4, -0.2) is 33.9 Å². The summed E-state index contributed by atoms with van der Waals surface area (Å²) in [7, 11) is 1.68. The van der Waals surface area contributed by atoms with Gasteiger partial charge in [-0.05, 0) is 44.8 Å². The van der Waals surface area contributed by atoms with Gasteiger partial charge in [0.1, 0.15) is 11.4 Å². The van der Waals surface area contributed by atoms with Gasteiger partial charge in [-0.1, -0.05) is 71.0 Å². The van der Waals surface area contributed by atoms with Gasteiger partial charge >= 0.3 is 0 Å². The molecule has 0 aliphatic rings. The van der Waals surface area contributed by atoms with E-state index in [2.05, 4.69) is 36.1 Å². The fraction of sp³-hybridized carbons (Fsp3) is 0.783. The highest BCUT2D eigenvalue weighted by atomic mass is 32.2. The molecular weight excluding hydrogens is 398 g/mol. The summed E-state index contributed by atoms with van der Waals surface area (Å²) in [6, 6.07) is 0.436. The molecule has 1 aromatic heterocycles. The molecule has 0 aliphatic carbocycles. The lowest BCUT2D eigenvalue weighted by atomic mass is 10.1. The minimum absolute atomic E-state index is 0.436. The van der Waals surface area contributed by atoms with E-state index < -0.39 is 0 Å². The first kappa shape index (κ1) is 26.2. The maximum Gasteiger partial charge on any atom is 0.220 e. The van der Waals surface area contributed by atoms with Gasteiger partial charge in [0.15, 0.2) is 0 Å². The zero-order valence-corrected chi connectivity index (χ0v) is 20.6. The fourth-order valence-corrected chi connectivity index (χ4v) is 4.55. The van der Waals surface area contributed by atoms with Gasteiger partial charge in [0.2, 0.25) is 5.88 Å². The maximum atomic E-state index is 5.54. The number of thiocarbonyl (C=S) groups is 1. The van der Waals surface area contributed by atoms with Crippen LogP contribution in [0, 0.1) is 0 Å². The third-order valence-corrected chi connectivity index (χ3v) is 6.31. The van der Waals surface area contributed by atoms with E-state index in [1.807, 2.05) is 0 Å². The molecule has 0 saturated carbocycles. The number of thioether (sulfide) groups is 1. The molecule has 0 bridgehead atoms. The molecule has 1 rings (SSSR count). The van der Waals surface area contributed by atoms with Crippen molar-refractivity contribution in [1.82, 2.24) is 15.3 Å². The number of rotatable bonds is 17. The first-order valence-electron chi connectivity index (χ1n) is 11.4. The highest BCUT2D eigenvalue weighted by Gasteiger charge is 2.12. The average molecular weight is 440 g/mol. The summed E-state index contributed by atoms with van der Waals surface area (Å²) in [5.41, 5.74) is 1.15. The van der Waals surface area contributed by atoms with Crippen molar-refractivity contribution in [2.45, 2.75) is 109 Å². The Labute approximate surface area is 188 Å². The van der Waals surface area contributed by atoms with Crippen molar-refractivity contribution in [2.75, 3.05) is 12.9 Å². The number of methoxy groups -OCH3 is 1. The van der Waals surface area contributed by atoms with Crippen molar-refractivity contribution < 1.29 is 4.74 Å². The van der Waals surface area contributed by atoms with Crippen molar-refractivity contribution in [3.8, 4) is 5.88 Å². The molecule has 0 fully saturated rings. The summed E-state index contributed by atoms with van der Waals surface area (Å²) >= 11 is 7.30. The lowest BCUT2D eigenvalue weighted by molar-refractivity contribution is 0.387. The van der Waals surface area contributed by atoms with Crippen molar-refractivity contribution in [2.24, 2.45) is 0 Å². The van der Waals surface area contributed by atoms with E-state index in [0.29, 0.717) is 6.04 Å². The summed E-state index contributed by atoms with van der Waals surface area (Å²) in [6.45, 7) is 6.65. The van der Waals surface area contributed by atoms with Crippen LogP contribution in [0.3, 0.4) is 0 Å². The molecule has 4 nitrogen and oxygen atoms in total. The van der Waals surface area contributed by atoms with Gasteiger partial charge in [0, 0.05) is 11.6 Å². The predicted octanol–water partition coefficient (Wildman–Crippen LogP) is 6.76. The van der Waals surface area contributed by atoms with E-state index in [1.54, 1.807) is 25.2 Å². The molecular formula is C23H41N3OS2. The molecule has 0 aromatic carbocycles. The summed E-state index contributed by atoms with van der Waals surface area (Å²) in [4.78, 5) is 9.74. The van der Waals surface area contributed by atoms with Crippen LogP contribution >= 0.6 is 24.0 Å². The topological polar surface area (TPSA) is 47.0 Å². The Morgan fingerprint density at radius 3 is 2.48 bits per heavy atom. The lowest BCUT2D eigenvalue weighted by Crippen LogP contribution is -2.31. The number of unbranched alkanes of at least 4 members (excludes halogenated alkanes) is 7. The quantitative estimate of drug-likeness (QED) is 0.125. The van der Waals surface area contributed by atoms with E-state index in [1.165, 1.54) is 44.9 Å². The van der Waals surface area contributed by atoms with Gasteiger partial charge in [0.25, 0.3) is 0 Å². The maximum absolute atomic E-state index is 5.54. The van der Waals surface area contributed by atoms with Crippen LogP contribution in [0.1, 0.15) is 97.0 Å². The molecule has 1 atom stereocenters. The number of ether oxygens (including phenoxy) is 1. The van der Waals surface area contributed by atoms with E-state index in [4.69, 9.17) is 17.0 Å². The molecule has 1 heterocycles. The minimum Gasteiger partial charge on any atom is -0.481 e. The van der Waals surface area contributed by atoms with Crippen molar-refractivity contribution in [3.05, 3.63) is 11.9 Å². The van der Waals surface area contributed by atoms with Crippen molar-refractivity contribution in [1.29, 1.82) is 0 Å². The Morgan fingerprint density at radius 1 is 1.07 bits per heavy atom. The van der Waals surface area contributed by atoms with Crippen LogP contribution in [0.2, 0.25) is 0 Å². The van der Waals surface area contributed by atoms with Gasteiger partial charge in [-0.15, -0.1) is 11.8 Å². The number of hydrogen-bond donors (Lipinski definition) is 1. The molecule has 0 radical (unpaired) electrons. The SMILES string of the molecule is CCCCCCCCCC(=S)NC(C)CCCCc1c(OC)ncnc1SCC. The second-order valence-electron chi connectivity index (χ2n) is 7.69. The predicted molar refractivity (Wildman–Crippen MR) is 130 cm³/mol. The van der Waals surface area contributed by atoms with Crippen molar-refractivity contribution >= 4 is 29.0 Å². The smallest absolute Gasteiger partial charge is 0.220 e. The molecule has 1 unspecified atom stereocenters. The summed E-state index contributed by atoms with van der Waals surface area (Å²) < 4.78 is 5.44. The summed E-state index contributed by atoms with van der Waals surface area (Å²) in [6.07, 6.45) is 16.3. The summed E-state index contributed by atoms with van der Waals surface area (Å²) in [5, 5.41) is 4.58. The number of nitrogens with zero attached hydrogens (tertiary/aromatic N) is 2. The molecule has 166 valence electrons. The monoisotopic (exact) mass is 439 g/mol. The Balaban J connectivity index is 2.21. The van der Waals surface area contributed by atoms with Crippen LogP contribution in [0.5, 0.6) is 5.88 Å².